The Labute approximate surface area is 109 Å². The Bertz CT molecular complexity index is 442. The first kappa shape index (κ1) is 14.5. The first-order chi connectivity index (χ1) is 8.51. The molecule has 1 aromatic rings. The number of benzene rings is 1. The van der Waals surface area contributed by atoms with Gasteiger partial charge in [-0.1, -0.05) is 0 Å². The average Bonchev–Trinajstić information content (AvgIpc) is 2.36. The van der Waals surface area contributed by atoms with Gasteiger partial charge in [-0.25, -0.2) is 0 Å². The summed E-state index contributed by atoms with van der Waals surface area (Å²) in [5.41, 5.74) is 9.39. The molecule has 3 N–H and O–H groups in total. The van der Waals surface area contributed by atoms with Gasteiger partial charge in [-0.15, -0.1) is 0 Å². The number of rotatable bonds is 5. The Morgan fingerprint density at radius 2 is 2.00 bits per heavy atom. The van der Waals surface area contributed by atoms with E-state index >= 15 is 0 Å². The molecule has 0 saturated heterocycles. The fourth-order valence-corrected chi connectivity index (χ4v) is 1.91. The van der Waals surface area contributed by atoms with E-state index in [1.165, 1.54) is 0 Å². The van der Waals surface area contributed by atoms with Crippen molar-refractivity contribution >= 4 is 11.6 Å². The second-order valence-corrected chi connectivity index (χ2v) is 4.46. The van der Waals surface area contributed by atoms with Gasteiger partial charge in [0.15, 0.2) is 0 Å². The summed E-state index contributed by atoms with van der Waals surface area (Å²) in [5, 5.41) is 2.96. The van der Waals surface area contributed by atoms with Crippen molar-refractivity contribution in [3.05, 3.63) is 22.8 Å². The van der Waals surface area contributed by atoms with Crippen LogP contribution in [0.5, 0.6) is 5.75 Å². The van der Waals surface area contributed by atoms with Crippen LogP contribution in [0.3, 0.4) is 0 Å². The maximum Gasteiger partial charge on any atom is 0.224 e. The number of ether oxygens (including phenoxy) is 1. The lowest BCUT2D eigenvalue weighted by Crippen LogP contribution is -2.15. The van der Waals surface area contributed by atoms with Gasteiger partial charge in [-0.2, -0.15) is 0 Å². The minimum Gasteiger partial charge on any atom is -0.496 e. The highest BCUT2D eigenvalue weighted by molar-refractivity contribution is 5.92. The van der Waals surface area contributed by atoms with Gasteiger partial charge in [-0.3, -0.25) is 4.79 Å². The van der Waals surface area contributed by atoms with Crippen molar-refractivity contribution < 1.29 is 9.53 Å². The van der Waals surface area contributed by atoms with E-state index in [1.807, 2.05) is 26.8 Å². The molecule has 4 heteroatoms. The van der Waals surface area contributed by atoms with Crippen LogP contribution in [0.25, 0.3) is 0 Å². The minimum atomic E-state index is 0.0104. The molecule has 0 unspecified atom stereocenters. The van der Waals surface area contributed by atoms with E-state index in [4.69, 9.17) is 10.5 Å². The second-order valence-electron chi connectivity index (χ2n) is 4.46. The zero-order chi connectivity index (χ0) is 13.7. The molecule has 0 aliphatic heterocycles. The SMILES string of the molecule is COc1cc(C)c(NC(=O)CCCN)c(C)c1C. The van der Waals surface area contributed by atoms with Crippen molar-refractivity contribution in [2.75, 3.05) is 19.0 Å². The third kappa shape index (κ3) is 3.23. The molecular formula is C14H22N2O2. The summed E-state index contributed by atoms with van der Waals surface area (Å²) >= 11 is 0. The van der Waals surface area contributed by atoms with Crippen molar-refractivity contribution in [2.45, 2.75) is 33.6 Å². The highest BCUT2D eigenvalue weighted by Crippen LogP contribution is 2.31. The Balaban J connectivity index is 2.96. The second kappa shape index (κ2) is 6.40. The lowest BCUT2D eigenvalue weighted by molar-refractivity contribution is -0.116. The fourth-order valence-electron chi connectivity index (χ4n) is 1.91. The van der Waals surface area contributed by atoms with E-state index < -0.39 is 0 Å². The van der Waals surface area contributed by atoms with Crippen molar-refractivity contribution in [3.63, 3.8) is 0 Å². The van der Waals surface area contributed by atoms with Gasteiger partial charge in [0.25, 0.3) is 0 Å². The van der Waals surface area contributed by atoms with E-state index in [0.29, 0.717) is 19.4 Å². The summed E-state index contributed by atoms with van der Waals surface area (Å²) in [6, 6.07) is 1.95. The van der Waals surface area contributed by atoms with Gasteiger partial charge in [0.2, 0.25) is 5.91 Å². The summed E-state index contributed by atoms with van der Waals surface area (Å²) in [5.74, 6) is 0.862. The summed E-state index contributed by atoms with van der Waals surface area (Å²) in [7, 11) is 1.65. The fraction of sp³-hybridized carbons (Fsp3) is 0.500. The van der Waals surface area contributed by atoms with Crippen molar-refractivity contribution in [2.24, 2.45) is 5.73 Å². The number of nitrogens with two attached hydrogens (primary N) is 1. The lowest BCUT2D eigenvalue weighted by Gasteiger charge is -2.16. The predicted octanol–water partition coefficient (Wildman–Crippen LogP) is 2.30. The molecule has 0 radical (unpaired) electrons. The monoisotopic (exact) mass is 250 g/mol. The Morgan fingerprint density at radius 1 is 1.33 bits per heavy atom. The first-order valence-electron chi connectivity index (χ1n) is 6.16. The van der Waals surface area contributed by atoms with Crippen molar-refractivity contribution in [1.29, 1.82) is 0 Å². The van der Waals surface area contributed by atoms with E-state index in [9.17, 15) is 4.79 Å². The number of carbonyl (C=O) groups excluding carboxylic acids is 1. The molecule has 0 saturated carbocycles. The topological polar surface area (TPSA) is 64.3 Å². The van der Waals surface area contributed by atoms with Crippen LogP contribution in [0.1, 0.15) is 29.5 Å². The summed E-state index contributed by atoms with van der Waals surface area (Å²) in [4.78, 5) is 11.7. The Hall–Kier alpha value is -1.55. The molecule has 0 spiro atoms. The molecule has 1 rings (SSSR count). The van der Waals surface area contributed by atoms with Crippen LogP contribution >= 0.6 is 0 Å². The number of amides is 1. The number of methoxy groups -OCH3 is 1. The van der Waals surface area contributed by atoms with Crippen LogP contribution in [0.15, 0.2) is 6.07 Å². The Morgan fingerprint density at radius 3 is 2.56 bits per heavy atom. The third-order valence-electron chi connectivity index (χ3n) is 3.14. The molecule has 0 aliphatic rings. The van der Waals surface area contributed by atoms with E-state index in [2.05, 4.69) is 5.32 Å². The van der Waals surface area contributed by atoms with E-state index in [1.54, 1.807) is 7.11 Å². The standard InChI is InChI=1S/C14H22N2O2/c1-9-8-12(18-4)10(2)11(3)14(9)16-13(17)6-5-7-15/h8H,5-7,15H2,1-4H3,(H,16,17). The highest BCUT2D eigenvalue weighted by atomic mass is 16.5. The molecule has 1 amide bonds. The molecule has 0 atom stereocenters. The summed E-state index contributed by atoms with van der Waals surface area (Å²) in [6.45, 7) is 6.48. The molecule has 0 fully saturated rings. The van der Waals surface area contributed by atoms with Crippen molar-refractivity contribution in [3.8, 4) is 5.75 Å². The molecule has 0 aromatic heterocycles. The van der Waals surface area contributed by atoms with Gasteiger partial charge < -0.3 is 15.8 Å². The molecular weight excluding hydrogens is 228 g/mol. The average molecular weight is 250 g/mol. The number of aryl methyl sites for hydroxylation is 1. The maximum atomic E-state index is 11.7. The van der Waals surface area contributed by atoms with Crippen LogP contribution in [0.4, 0.5) is 5.69 Å². The maximum absolute atomic E-state index is 11.7. The number of hydrogen-bond acceptors (Lipinski definition) is 3. The van der Waals surface area contributed by atoms with Crippen LogP contribution in [0.2, 0.25) is 0 Å². The molecule has 0 aliphatic carbocycles. The van der Waals surface area contributed by atoms with Gasteiger partial charge >= 0.3 is 0 Å². The van der Waals surface area contributed by atoms with Crippen molar-refractivity contribution in [1.82, 2.24) is 0 Å². The molecule has 0 heterocycles. The molecule has 0 bridgehead atoms. The molecule has 18 heavy (non-hydrogen) atoms. The lowest BCUT2D eigenvalue weighted by atomic mass is 10.0. The number of anilines is 1. The molecule has 1 aromatic carbocycles. The van der Waals surface area contributed by atoms with Gasteiger partial charge in [0.05, 0.1) is 7.11 Å². The quantitative estimate of drug-likeness (QED) is 0.842. The number of carbonyl (C=O) groups is 1. The number of nitrogens with one attached hydrogen (secondary N) is 1. The van der Waals surface area contributed by atoms with E-state index in [-0.39, 0.29) is 5.91 Å². The molecule has 100 valence electrons. The molecule has 4 nitrogen and oxygen atoms in total. The zero-order valence-corrected chi connectivity index (χ0v) is 11.6. The van der Waals surface area contributed by atoms with Gasteiger partial charge in [-0.05, 0) is 56.5 Å². The summed E-state index contributed by atoms with van der Waals surface area (Å²) < 4.78 is 5.30. The smallest absolute Gasteiger partial charge is 0.224 e. The minimum absolute atomic E-state index is 0.0104. The normalized spacial score (nSPS) is 10.3. The largest absolute Gasteiger partial charge is 0.496 e. The number of hydrogen-bond donors (Lipinski definition) is 2. The van der Waals surface area contributed by atoms with Crippen LogP contribution in [0, 0.1) is 20.8 Å². The predicted molar refractivity (Wildman–Crippen MR) is 74.1 cm³/mol. The first-order valence-corrected chi connectivity index (χ1v) is 6.16. The van der Waals surface area contributed by atoms with Gasteiger partial charge in [0, 0.05) is 12.1 Å². The Kier molecular flexibility index (Phi) is 5.16. The highest BCUT2D eigenvalue weighted by Gasteiger charge is 2.12. The van der Waals surface area contributed by atoms with Crippen LogP contribution < -0.4 is 15.8 Å². The zero-order valence-electron chi connectivity index (χ0n) is 11.6. The van der Waals surface area contributed by atoms with E-state index in [0.717, 1.165) is 28.1 Å². The summed E-state index contributed by atoms with van der Waals surface area (Å²) in [6.07, 6.45) is 1.17. The third-order valence-corrected chi connectivity index (χ3v) is 3.14. The van der Waals surface area contributed by atoms with Crippen LogP contribution in [-0.2, 0) is 4.79 Å². The van der Waals surface area contributed by atoms with Crippen LogP contribution in [-0.4, -0.2) is 19.6 Å². The van der Waals surface area contributed by atoms with Gasteiger partial charge in [0.1, 0.15) is 5.75 Å².